The Morgan fingerprint density at radius 1 is 1.06 bits per heavy atom. The van der Waals surface area contributed by atoms with Gasteiger partial charge in [0, 0.05) is 13.1 Å². The van der Waals surface area contributed by atoms with Gasteiger partial charge in [0.05, 0.1) is 0 Å². The normalized spacial score (nSPS) is 19.4. The first-order valence-electron chi connectivity index (χ1n) is 5.41. The average Bonchev–Trinajstić information content (AvgIpc) is 2.58. The molecule has 1 rings (SSSR count). The van der Waals surface area contributed by atoms with Crippen LogP contribution >= 0.6 is 0 Å². The second-order valence-electron chi connectivity index (χ2n) is 3.84. The van der Waals surface area contributed by atoms with Crippen molar-refractivity contribution in [1.29, 1.82) is 0 Å². The summed E-state index contributed by atoms with van der Waals surface area (Å²) in [6.07, 6.45) is 4.14. The summed E-state index contributed by atoms with van der Waals surface area (Å²) in [5.41, 5.74) is -0.166. The van der Waals surface area contributed by atoms with Gasteiger partial charge < -0.3 is 15.3 Å². The highest BCUT2D eigenvalue weighted by molar-refractivity contribution is 6.66. The molecule has 1 fully saturated rings. The maximum Gasteiger partial charge on any atom is 0.277 e. The molecule has 0 aromatic heterocycles. The van der Waals surface area contributed by atoms with Gasteiger partial charge in [-0.15, -0.1) is 0 Å². The van der Waals surface area contributed by atoms with Gasteiger partial charge in [-0.25, -0.2) is 0 Å². The minimum absolute atomic E-state index is 0.0248. The summed E-state index contributed by atoms with van der Waals surface area (Å²) >= 11 is 0. The molecule has 0 bridgehead atoms. The molecule has 1 amide bonds. The number of carbonyl (C=O) groups excluding carboxylic acids is 1. The fraction of sp³-hybridized carbons (Fsp3) is 0.700. The Morgan fingerprint density at radius 3 is 2.06 bits per heavy atom. The molecule has 1 heterocycles. The van der Waals surface area contributed by atoms with E-state index in [9.17, 15) is 4.79 Å². The van der Waals surface area contributed by atoms with E-state index in [-0.39, 0.29) is 17.3 Å². The van der Waals surface area contributed by atoms with Crippen LogP contribution in [0.2, 0.25) is 0 Å². The molecule has 0 unspecified atom stereocenters. The molecule has 0 aliphatic carbocycles. The van der Waals surface area contributed by atoms with Gasteiger partial charge in [0.25, 0.3) is 5.91 Å². The van der Waals surface area contributed by atoms with Gasteiger partial charge in [-0.1, -0.05) is 23.2 Å². The van der Waals surface area contributed by atoms with Crippen molar-refractivity contribution in [2.24, 2.45) is 10.3 Å². The highest BCUT2D eigenvalue weighted by Crippen LogP contribution is 2.10. The number of carbonyl (C=O) groups is 1. The number of likely N-dealkylation sites (tertiary alicyclic amines) is 1. The van der Waals surface area contributed by atoms with E-state index in [1.807, 2.05) is 0 Å². The molecule has 6 heteroatoms. The fourth-order valence-electron chi connectivity index (χ4n) is 1.74. The number of nitrogens with zero attached hydrogens (tertiary/aromatic N) is 3. The van der Waals surface area contributed by atoms with E-state index >= 15 is 0 Å². The molecule has 0 spiro atoms. The van der Waals surface area contributed by atoms with Crippen LogP contribution in [-0.2, 0) is 4.79 Å². The molecule has 1 aliphatic rings. The summed E-state index contributed by atoms with van der Waals surface area (Å²) < 4.78 is 0. The number of amides is 1. The van der Waals surface area contributed by atoms with Crippen molar-refractivity contribution in [1.82, 2.24) is 4.90 Å². The molecular formula is C10H17N3O3. The smallest absolute Gasteiger partial charge is 0.277 e. The van der Waals surface area contributed by atoms with Crippen molar-refractivity contribution >= 4 is 17.3 Å². The minimum atomic E-state index is -0.375. The molecular weight excluding hydrogens is 210 g/mol. The molecule has 2 N–H and O–H groups in total. The topological polar surface area (TPSA) is 85.5 Å². The van der Waals surface area contributed by atoms with Crippen LogP contribution in [0.1, 0.15) is 32.6 Å². The molecule has 0 radical (unpaired) electrons. The number of oxime groups is 2. The Morgan fingerprint density at radius 2 is 1.62 bits per heavy atom. The summed E-state index contributed by atoms with van der Waals surface area (Å²) in [6, 6.07) is 0. The Labute approximate surface area is 94.2 Å². The second kappa shape index (κ2) is 6.09. The van der Waals surface area contributed by atoms with E-state index in [1.165, 1.54) is 6.92 Å². The molecule has 90 valence electrons. The van der Waals surface area contributed by atoms with Crippen molar-refractivity contribution in [3.63, 3.8) is 0 Å². The molecule has 1 saturated heterocycles. The number of hydrogen-bond acceptors (Lipinski definition) is 5. The third-order valence-corrected chi connectivity index (χ3v) is 2.69. The molecule has 6 nitrogen and oxygen atoms in total. The van der Waals surface area contributed by atoms with E-state index in [0.29, 0.717) is 13.1 Å². The lowest BCUT2D eigenvalue weighted by Crippen LogP contribution is -2.40. The zero-order valence-electron chi connectivity index (χ0n) is 9.39. The Hall–Kier alpha value is -1.59. The highest BCUT2D eigenvalue weighted by atomic mass is 16.4. The van der Waals surface area contributed by atoms with Crippen LogP contribution in [0.15, 0.2) is 10.3 Å². The van der Waals surface area contributed by atoms with Gasteiger partial charge in [-0.3, -0.25) is 4.79 Å². The molecule has 16 heavy (non-hydrogen) atoms. The Balaban J connectivity index is 2.74. The van der Waals surface area contributed by atoms with E-state index in [0.717, 1.165) is 25.7 Å². The first-order valence-corrected chi connectivity index (χ1v) is 5.41. The third-order valence-electron chi connectivity index (χ3n) is 2.69. The van der Waals surface area contributed by atoms with Crippen LogP contribution in [0.3, 0.4) is 0 Å². The summed E-state index contributed by atoms with van der Waals surface area (Å²) in [7, 11) is 0. The largest absolute Gasteiger partial charge is 0.411 e. The zero-order valence-corrected chi connectivity index (χ0v) is 9.39. The highest BCUT2D eigenvalue weighted by Gasteiger charge is 2.23. The third kappa shape index (κ3) is 2.95. The fourth-order valence-corrected chi connectivity index (χ4v) is 1.74. The summed E-state index contributed by atoms with van der Waals surface area (Å²) in [6.45, 7) is 2.75. The van der Waals surface area contributed by atoms with Crippen LogP contribution in [0.5, 0.6) is 0 Å². The molecule has 1 aliphatic heterocycles. The van der Waals surface area contributed by atoms with Gasteiger partial charge in [0.1, 0.15) is 5.71 Å². The SMILES string of the molecule is CC(=N\O)/C(=N/O)C(=O)N1CCCCCC1. The maximum atomic E-state index is 11.9. The van der Waals surface area contributed by atoms with Crippen molar-refractivity contribution in [3.05, 3.63) is 0 Å². The molecule has 0 aromatic rings. The van der Waals surface area contributed by atoms with Crippen molar-refractivity contribution in [2.75, 3.05) is 13.1 Å². The van der Waals surface area contributed by atoms with Gasteiger partial charge >= 0.3 is 0 Å². The zero-order chi connectivity index (χ0) is 12.0. The van der Waals surface area contributed by atoms with Crippen LogP contribution in [-0.4, -0.2) is 45.7 Å². The van der Waals surface area contributed by atoms with Gasteiger partial charge in [-0.05, 0) is 19.8 Å². The van der Waals surface area contributed by atoms with Crippen LogP contribution in [0, 0.1) is 0 Å². The first kappa shape index (κ1) is 12.5. The monoisotopic (exact) mass is 227 g/mol. The predicted molar refractivity (Wildman–Crippen MR) is 59.2 cm³/mol. The van der Waals surface area contributed by atoms with Crippen molar-refractivity contribution in [2.45, 2.75) is 32.6 Å². The lowest BCUT2D eigenvalue weighted by Gasteiger charge is -2.19. The van der Waals surface area contributed by atoms with Crippen molar-refractivity contribution < 1.29 is 15.2 Å². The van der Waals surface area contributed by atoms with Gasteiger partial charge in [0.2, 0.25) is 0 Å². The first-order chi connectivity index (χ1) is 7.70. The van der Waals surface area contributed by atoms with Crippen LogP contribution in [0.25, 0.3) is 0 Å². The van der Waals surface area contributed by atoms with E-state index in [2.05, 4.69) is 10.3 Å². The molecule has 0 atom stereocenters. The van der Waals surface area contributed by atoms with Gasteiger partial charge in [-0.2, -0.15) is 0 Å². The maximum absolute atomic E-state index is 11.9. The number of rotatable bonds is 2. The Bertz CT molecular complexity index is 304. The van der Waals surface area contributed by atoms with Crippen molar-refractivity contribution in [3.8, 4) is 0 Å². The van der Waals surface area contributed by atoms with E-state index < -0.39 is 0 Å². The quantitative estimate of drug-likeness (QED) is 0.420. The lowest BCUT2D eigenvalue weighted by molar-refractivity contribution is -0.124. The minimum Gasteiger partial charge on any atom is -0.411 e. The van der Waals surface area contributed by atoms with E-state index in [1.54, 1.807) is 4.90 Å². The van der Waals surface area contributed by atoms with Crippen LogP contribution < -0.4 is 0 Å². The second-order valence-corrected chi connectivity index (χ2v) is 3.84. The Kier molecular flexibility index (Phi) is 4.75. The number of hydrogen-bond donors (Lipinski definition) is 2. The molecule has 0 aromatic carbocycles. The van der Waals surface area contributed by atoms with E-state index in [4.69, 9.17) is 10.4 Å². The summed E-state index contributed by atoms with van der Waals surface area (Å²) in [5.74, 6) is -0.375. The summed E-state index contributed by atoms with van der Waals surface area (Å²) in [4.78, 5) is 13.6. The summed E-state index contributed by atoms with van der Waals surface area (Å²) in [5, 5.41) is 23.1. The lowest BCUT2D eigenvalue weighted by atomic mass is 10.2. The van der Waals surface area contributed by atoms with Gasteiger partial charge in [0.15, 0.2) is 5.71 Å². The predicted octanol–water partition coefficient (Wildman–Crippen LogP) is 1.07. The average molecular weight is 227 g/mol. The molecule has 0 saturated carbocycles. The van der Waals surface area contributed by atoms with Crippen LogP contribution in [0.4, 0.5) is 0 Å². The standard InChI is InChI=1S/C10H17N3O3/c1-8(11-15)9(12-16)10(14)13-6-4-2-3-5-7-13/h15-16H,2-7H2,1H3/b11-8+,12-9-.